The average Bonchev–Trinajstić information content (AvgIpc) is 2.38. The van der Waals surface area contributed by atoms with Crippen LogP contribution in [-0.4, -0.2) is 7.05 Å². The van der Waals surface area contributed by atoms with E-state index >= 15 is 0 Å². The van der Waals surface area contributed by atoms with Gasteiger partial charge in [0.05, 0.1) is 16.4 Å². The van der Waals surface area contributed by atoms with Crippen LogP contribution in [0.3, 0.4) is 0 Å². The van der Waals surface area contributed by atoms with Crippen molar-refractivity contribution in [3.05, 3.63) is 58.9 Å². The van der Waals surface area contributed by atoms with Crippen LogP contribution in [0.15, 0.2) is 42.5 Å². The van der Waals surface area contributed by atoms with Crippen LogP contribution in [-0.2, 0) is 5.33 Å². The number of alkyl halides is 1. The van der Waals surface area contributed by atoms with E-state index in [0.717, 1.165) is 11.3 Å². The van der Waals surface area contributed by atoms with Gasteiger partial charge in [-0.3, -0.25) is 0 Å². The Hall–Kier alpha value is -1.06. The highest BCUT2D eigenvalue weighted by molar-refractivity contribution is 9.08. The van der Waals surface area contributed by atoms with Crippen molar-refractivity contribution in [1.29, 1.82) is 0 Å². The molecule has 0 N–H and O–H groups in total. The molecule has 0 fully saturated rings. The maximum absolute atomic E-state index is 13.8. The Balaban J connectivity index is 2.52. The molecule has 0 aliphatic heterocycles. The fourth-order valence-corrected chi connectivity index (χ4v) is 2.66. The van der Waals surface area contributed by atoms with E-state index in [2.05, 4.69) is 15.9 Å². The van der Waals surface area contributed by atoms with E-state index < -0.39 is 0 Å². The molecule has 0 aliphatic carbocycles. The molecule has 0 spiro atoms. The number of nitrogens with zero attached hydrogens (tertiary/aromatic N) is 1. The summed E-state index contributed by atoms with van der Waals surface area (Å²) in [5, 5.41) is 1.28. The van der Waals surface area contributed by atoms with Crippen molar-refractivity contribution in [1.82, 2.24) is 0 Å². The van der Waals surface area contributed by atoms with Gasteiger partial charge in [-0.15, -0.1) is 0 Å². The lowest BCUT2D eigenvalue weighted by molar-refractivity contribution is 0.627. The second-order valence-electron chi connectivity index (χ2n) is 3.89. The van der Waals surface area contributed by atoms with Crippen LogP contribution in [0.25, 0.3) is 0 Å². The molecule has 0 saturated carbocycles. The first kappa shape index (κ1) is 13.4. The first-order chi connectivity index (χ1) is 8.65. The fourth-order valence-electron chi connectivity index (χ4n) is 1.89. The zero-order chi connectivity index (χ0) is 13.1. The zero-order valence-electron chi connectivity index (χ0n) is 9.83. The molecule has 2 aromatic carbocycles. The third-order valence-electron chi connectivity index (χ3n) is 2.76. The van der Waals surface area contributed by atoms with Crippen LogP contribution in [0, 0.1) is 5.82 Å². The van der Waals surface area contributed by atoms with Crippen LogP contribution in [0.2, 0.25) is 5.02 Å². The van der Waals surface area contributed by atoms with Crippen molar-refractivity contribution < 1.29 is 4.39 Å². The van der Waals surface area contributed by atoms with Gasteiger partial charge >= 0.3 is 0 Å². The number of rotatable bonds is 3. The van der Waals surface area contributed by atoms with Crippen molar-refractivity contribution >= 4 is 38.9 Å². The molecular weight excluding hydrogens is 317 g/mol. The topological polar surface area (TPSA) is 3.24 Å². The number of benzene rings is 2. The largest absolute Gasteiger partial charge is 0.341 e. The average molecular weight is 329 g/mol. The Kier molecular flexibility index (Phi) is 4.25. The number of para-hydroxylation sites is 2. The maximum atomic E-state index is 13.8. The van der Waals surface area contributed by atoms with E-state index in [1.165, 1.54) is 6.07 Å². The SMILES string of the molecule is CN(c1ccccc1F)c1c(Cl)cccc1CBr. The molecule has 0 saturated heterocycles. The predicted molar refractivity (Wildman–Crippen MR) is 78.5 cm³/mol. The van der Waals surface area contributed by atoms with Crippen LogP contribution < -0.4 is 4.90 Å². The molecule has 0 bridgehead atoms. The van der Waals surface area contributed by atoms with Gasteiger partial charge in [-0.25, -0.2) is 4.39 Å². The highest BCUT2D eigenvalue weighted by Gasteiger charge is 2.15. The second kappa shape index (κ2) is 5.72. The third kappa shape index (κ3) is 2.52. The van der Waals surface area contributed by atoms with Gasteiger partial charge in [0.2, 0.25) is 0 Å². The second-order valence-corrected chi connectivity index (χ2v) is 4.86. The van der Waals surface area contributed by atoms with Gasteiger partial charge in [0, 0.05) is 12.4 Å². The molecule has 4 heteroatoms. The fraction of sp³-hybridized carbons (Fsp3) is 0.143. The highest BCUT2D eigenvalue weighted by atomic mass is 79.9. The summed E-state index contributed by atoms with van der Waals surface area (Å²) in [6, 6.07) is 12.3. The normalized spacial score (nSPS) is 10.4. The quantitative estimate of drug-likeness (QED) is 0.705. The Morgan fingerprint density at radius 3 is 2.56 bits per heavy atom. The van der Waals surface area contributed by atoms with Gasteiger partial charge in [-0.2, -0.15) is 0 Å². The number of halogens is 3. The minimum Gasteiger partial charge on any atom is -0.341 e. The van der Waals surface area contributed by atoms with E-state index in [1.807, 2.05) is 19.2 Å². The number of hydrogen-bond acceptors (Lipinski definition) is 1. The van der Waals surface area contributed by atoms with Crippen molar-refractivity contribution in [2.75, 3.05) is 11.9 Å². The van der Waals surface area contributed by atoms with E-state index in [4.69, 9.17) is 11.6 Å². The molecule has 0 amide bonds. The summed E-state index contributed by atoms with van der Waals surface area (Å²) in [5.41, 5.74) is 2.35. The van der Waals surface area contributed by atoms with Crippen LogP contribution in [0.5, 0.6) is 0 Å². The molecule has 0 heterocycles. The summed E-state index contributed by atoms with van der Waals surface area (Å²) in [7, 11) is 1.81. The monoisotopic (exact) mass is 327 g/mol. The summed E-state index contributed by atoms with van der Waals surface area (Å²) in [4.78, 5) is 1.77. The molecule has 0 atom stereocenters. The van der Waals surface area contributed by atoms with Crippen molar-refractivity contribution in [2.24, 2.45) is 0 Å². The van der Waals surface area contributed by atoms with Crippen molar-refractivity contribution in [2.45, 2.75) is 5.33 Å². The summed E-state index contributed by atoms with van der Waals surface area (Å²) < 4.78 is 13.8. The molecular formula is C14H12BrClFN. The highest BCUT2D eigenvalue weighted by Crippen LogP contribution is 2.35. The van der Waals surface area contributed by atoms with Crippen molar-refractivity contribution in [3.63, 3.8) is 0 Å². The summed E-state index contributed by atoms with van der Waals surface area (Å²) >= 11 is 9.64. The van der Waals surface area contributed by atoms with E-state index in [-0.39, 0.29) is 5.82 Å². The summed E-state index contributed by atoms with van der Waals surface area (Å²) in [6.45, 7) is 0. The van der Waals surface area contributed by atoms with Crippen LogP contribution in [0.4, 0.5) is 15.8 Å². The van der Waals surface area contributed by atoms with Gasteiger partial charge in [-0.05, 0) is 23.8 Å². The van der Waals surface area contributed by atoms with E-state index in [1.54, 1.807) is 29.2 Å². The van der Waals surface area contributed by atoms with Gasteiger partial charge in [-0.1, -0.05) is 51.8 Å². The minimum atomic E-state index is -0.263. The standard InChI is InChI=1S/C14H12BrClFN/c1-18(13-8-3-2-7-12(13)17)14-10(9-15)5-4-6-11(14)16/h2-8H,9H2,1H3. The molecule has 94 valence electrons. The van der Waals surface area contributed by atoms with Gasteiger partial charge in [0.25, 0.3) is 0 Å². The summed E-state index contributed by atoms with van der Waals surface area (Å²) in [5.74, 6) is -0.263. The maximum Gasteiger partial charge on any atom is 0.146 e. The van der Waals surface area contributed by atoms with E-state index in [0.29, 0.717) is 16.0 Å². The molecule has 0 unspecified atom stereocenters. The van der Waals surface area contributed by atoms with Crippen molar-refractivity contribution in [3.8, 4) is 0 Å². The smallest absolute Gasteiger partial charge is 0.146 e. The lowest BCUT2D eigenvalue weighted by atomic mass is 10.1. The zero-order valence-corrected chi connectivity index (χ0v) is 12.2. The Labute approximate surface area is 119 Å². The third-order valence-corrected chi connectivity index (χ3v) is 3.67. The molecule has 2 aromatic rings. The van der Waals surface area contributed by atoms with Crippen LogP contribution in [0.1, 0.15) is 5.56 Å². The number of hydrogen-bond donors (Lipinski definition) is 0. The summed E-state index contributed by atoms with van der Waals surface area (Å²) in [6.07, 6.45) is 0. The Morgan fingerprint density at radius 1 is 1.17 bits per heavy atom. The van der Waals surface area contributed by atoms with Gasteiger partial charge in [0.15, 0.2) is 0 Å². The Bertz CT molecular complexity index is 559. The first-order valence-corrected chi connectivity index (χ1v) is 6.96. The molecule has 0 aliphatic rings. The Morgan fingerprint density at radius 2 is 1.89 bits per heavy atom. The molecule has 2 rings (SSSR count). The number of anilines is 2. The molecule has 1 nitrogen and oxygen atoms in total. The lowest BCUT2D eigenvalue weighted by Crippen LogP contribution is -2.13. The predicted octanol–water partition coefficient (Wildman–Crippen LogP) is 5.14. The minimum absolute atomic E-state index is 0.263. The van der Waals surface area contributed by atoms with E-state index in [9.17, 15) is 4.39 Å². The molecule has 0 radical (unpaired) electrons. The molecule has 0 aromatic heterocycles. The molecule has 18 heavy (non-hydrogen) atoms. The van der Waals surface area contributed by atoms with Gasteiger partial charge < -0.3 is 4.90 Å². The van der Waals surface area contributed by atoms with Crippen LogP contribution >= 0.6 is 27.5 Å². The lowest BCUT2D eigenvalue weighted by Gasteiger charge is -2.23. The first-order valence-electron chi connectivity index (χ1n) is 5.46. The van der Waals surface area contributed by atoms with Gasteiger partial charge in [0.1, 0.15) is 5.82 Å².